The Morgan fingerprint density at radius 3 is 2.86 bits per heavy atom. The van der Waals surface area contributed by atoms with Gasteiger partial charge in [-0.05, 0) is 41.4 Å². The molecule has 0 aromatic carbocycles. The molecule has 1 aromatic heterocycles. The van der Waals surface area contributed by atoms with Gasteiger partial charge >= 0.3 is 0 Å². The summed E-state index contributed by atoms with van der Waals surface area (Å²) in [6.07, 6.45) is 2.82. The summed E-state index contributed by atoms with van der Waals surface area (Å²) in [4.78, 5) is 15.7. The fraction of sp³-hybridized carbons (Fsp3) is 0.273. The average molecular weight is 254 g/mol. The number of rotatable bonds is 4. The first kappa shape index (κ1) is 11.1. The summed E-state index contributed by atoms with van der Waals surface area (Å²) >= 11 is 3.30. The summed E-state index contributed by atoms with van der Waals surface area (Å²) in [7, 11) is 0. The quantitative estimate of drug-likeness (QED) is 0.609. The van der Waals surface area contributed by atoms with Crippen LogP contribution in [-0.2, 0) is 0 Å². The molecule has 0 aliphatic heterocycles. The van der Waals surface area contributed by atoms with Crippen LogP contribution in [0.3, 0.4) is 0 Å². The molecule has 1 heterocycles. The molecule has 3 heteroatoms. The van der Waals surface area contributed by atoms with Crippen molar-refractivity contribution in [2.75, 3.05) is 0 Å². The van der Waals surface area contributed by atoms with Crippen LogP contribution in [0.25, 0.3) is 0 Å². The van der Waals surface area contributed by atoms with Crippen molar-refractivity contribution in [3.63, 3.8) is 0 Å². The number of carbonyl (C=O) groups is 1. The molecule has 0 unspecified atom stereocenters. The third-order valence-corrected chi connectivity index (χ3v) is 2.44. The van der Waals surface area contributed by atoms with E-state index < -0.39 is 0 Å². The van der Waals surface area contributed by atoms with Gasteiger partial charge < -0.3 is 0 Å². The smallest absolute Gasteiger partial charge is 0.182 e. The second kappa shape index (κ2) is 5.05. The van der Waals surface area contributed by atoms with Crippen LogP contribution in [0.5, 0.6) is 0 Å². The topological polar surface area (TPSA) is 30.0 Å². The van der Waals surface area contributed by atoms with Crippen molar-refractivity contribution in [3.05, 3.63) is 40.6 Å². The molecule has 0 aliphatic carbocycles. The zero-order valence-electron chi connectivity index (χ0n) is 8.09. The fourth-order valence-corrected chi connectivity index (χ4v) is 1.51. The van der Waals surface area contributed by atoms with Crippen LogP contribution < -0.4 is 0 Å². The van der Waals surface area contributed by atoms with Crippen molar-refractivity contribution in [1.29, 1.82) is 0 Å². The van der Waals surface area contributed by atoms with Gasteiger partial charge in [-0.1, -0.05) is 5.57 Å². The third kappa shape index (κ3) is 3.07. The molecule has 0 bridgehead atoms. The average Bonchev–Trinajstić information content (AvgIpc) is 2.15. The van der Waals surface area contributed by atoms with Crippen LogP contribution in [0.15, 0.2) is 35.0 Å². The number of aromatic nitrogens is 1. The number of halogens is 1. The number of hydrogen-bond donors (Lipinski definition) is 0. The Morgan fingerprint density at radius 1 is 1.57 bits per heavy atom. The predicted octanol–water partition coefficient (Wildman–Crippen LogP) is 3.38. The van der Waals surface area contributed by atoms with E-state index in [0.29, 0.717) is 12.1 Å². The van der Waals surface area contributed by atoms with Crippen molar-refractivity contribution in [2.24, 2.45) is 0 Å². The molecule has 1 rings (SSSR count). The molecule has 0 saturated carbocycles. The standard InChI is InChI=1S/C11H12BrNO/c1-8(2)5-6-10(14)11-9(12)4-3-7-13-11/h3-4,7H,1,5-6H2,2H3. The van der Waals surface area contributed by atoms with E-state index in [-0.39, 0.29) is 5.78 Å². The van der Waals surface area contributed by atoms with Crippen LogP contribution in [0, 0.1) is 0 Å². The van der Waals surface area contributed by atoms with Gasteiger partial charge in [0, 0.05) is 17.1 Å². The van der Waals surface area contributed by atoms with Crippen molar-refractivity contribution < 1.29 is 4.79 Å². The van der Waals surface area contributed by atoms with E-state index in [9.17, 15) is 4.79 Å². The van der Waals surface area contributed by atoms with Crippen LogP contribution in [0.2, 0.25) is 0 Å². The molecule has 0 atom stereocenters. The van der Waals surface area contributed by atoms with Gasteiger partial charge in [0.1, 0.15) is 5.69 Å². The summed E-state index contributed by atoms with van der Waals surface area (Å²) in [5.74, 6) is 0.0560. The maximum Gasteiger partial charge on any atom is 0.182 e. The zero-order chi connectivity index (χ0) is 10.6. The minimum absolute atomic E-state index is 0.0560. The lowest BCUT2D eigenvalue weighted by atomic mass is 10.1. The molecule has 2 nitrogen and oxygen atoms in total. The molecule has 0 spiro atoms. The molecule has 1 aromatic rings. The maximum atomic E-state index is 11.6. The summed E-state index contributed by atoms with van der Waals surface area (Å²) < 4.78 is 0.756. The first-order valence-corrected chi connectivity index (χ1v) is 5.18. The minimum Gasteiger partial charge on any atom is -0.292 e. The Morgan fingerprint density at radius 2 is 2.29 bits per heavy atom. The first-order valence-electron chi connectivity index (χ1n) is 4.39. The highest BCUT2D eigenvalue weighted by Crippen LogP contribution is 2.16. The van der Waals surface area contributed by atoms with Gasteiger partial charge in [-0.2, -0.15) is 0 Å². The molecule has 0 radical (unpaired) electrons. The Hall–Kier alpha value is -0.960. The van der Waals surface area contributed by atoms with Gasteiger partial charge in [0.05, 0.1) is 0 Å². The zero-order valence-corrected chi connectivity index (χ0v) is 9.67. The van der Waals surface area contributed by atoms with Crippen molar-refractivity contribution >= 4 is 21.7 Å². The summed E-state index contributed by atoms with van der Waals surface area (Å²) in [5, 5.41) is 0. The first-order chi connectivity index (χ1) is 6.61. The second-order valence-corrected chi connectivity index (χ2v) is 4.07. The number of ketones is 1. The Kier molecular flexibility index (Phi) is 4.01. The Labute approximate surface area is 92.2 Å². The lowest BCUT2D eigenvalue weighted by molar-refractivity contribution is 0.0977. The Bertz CT molecular complexity index is 360. The molecule has 0 N–H and O–H groups in total. The highest BCUT2D eigenvalue weighted by Gasteiger charge is 2.10. The van der Waals surface area contributed by atoms with Crippen molar-refractivity contribution in [2.45, 2.75) is 19.8 Å². The number of Topliss-reactive ketones (excluding diaryl/α,β-unsaturated/α-hetero) is 1. The van der Waals surface area contributed by atoms with E-state index in [2.05, 4.69) is 27.5 Å². The van der Waals surface area contributed by atoms with Gasteiger partial charge in [-0.15, -0.1) is 6.58 Å². The molecule has 0 saturated heterocycles. The van der Waals surface area contributed by atoms with Crippen LogP contribution >= 0.6 is 15.9 Å². The number of pyridine rings is 1. The predicted molar refractivity (Wildman–Crippen MR) is 60.3 cm³/mol. The highest BCUT2D eigenvalue weighted by molar-refractivity contribution is 9.10. The Balaban J connectivity index is 2.70. The fourth-order valence-electron chi connectivity index (χ4n) is 1.04. The molecule has 0 aliphatic rings. The minimum atomic E-state index is 0.0560. The van der Waals surface area contributed by atoms with E-state index in [1.54, 1.807) is 12.3 Å². The van der Waals surface area contributed by atoms with Crippen LogP contribution in [0.4, 0.5) is 0 Å². The number of hydrogen-bond acceptors (Lipinski definition) is 2. The van der Waals surface area contributed by atoms with E-state index in [0.717, 1.165) is 16.5 Å². The normalized spacial score (nSPS) is 9.86. The molecule has 0 fully saturated rings. The summed E-state index contributed by atoms with van der Waals surface area (Å²) in [5.41, 5.74) is 1.53. The number of nitrogens with zero attached hydrogens (tertiary/aromatic N) is 1. The summed E-state index contributed by atoms with van der Waals surface area (Å²) in [6, 6.07) is 3.61. The van der Waals surface area contributed by atoms with E-state index in [1.807, 2.05) is 13.0 Å². The molecule has 0 amide bonds. The van der Waals surface area contributed by atoms with E-state index in [1.165, 1.54) is 0 Å². The van der Waals surface area contributed by atoms with E-state index >= 15 is 0 Å². The van der Waals surface area contributed by atoms with Gasteiger partial charge in [-0.25, -0.2) is 0 Å². The summed E-state index contributed by atoms with van der Waals surface area (Å²) in [6.45, 7) is 5.68. The molecule has 14 heavy (non-hydrogen) atoms. The molecular formula is C11H12BrNO. The lowest BCUT2D eigenvalue weighted by Gasteiger charge is -2.01. The molecule has 74 valence electrons. The SMILES string of the molecule is C=C(C)CCC(=O)c1ncccc1Br. The van der Waals surface area contributed by atoms with Gasteiger partial charge in [0.15, 0.2) is 5.78 Å². The second-order valence-electron chi connectivity index (χ2n) is 3.21. The van der Waals surface area contributed by atoms with Crippen molar-refractivity contribution in [1.82, 2.24) is 4.98 Å². The number of carbonyl (C=O) groups excluding carboxylic acids is 1. The van der Waals surface area contributed by atoms with Gasteiger partial charge in [0.2, 0.25) is 0 Å². The monoisotopic (exact) mass is 253 g/mol. The molecular weight excluding hydrogens is 242 g/mol. The van der Waals surface area contributed by atoms with Crippen LogP contribution in [-0.4, -0.2) is 10.8 Å². The van der Waals surface area contributed by atoms with Crippen LogP contribution in [0.1, 0.15) is 30.3 Å². The maximum absolute atomic E-state index is 11.6. The highest BCUT2D eigenvalue weighted by atomic mass is 79.9. The van der Waals surface area contributed by atoms with Gasteiger partial charge in [0.25, 0.3) is 0 Å². The third-order valence-electron chi connectivity index (χ3n) is 1.80. The van der Waals surface area contributed by atoms with Crippen molar-refractivity contribution in [3.8, 4) is 0 Å². The van der Waals surface area contributed by atoms with E-state index in [4.69, 9.17) is 0 Å². The number of allylic oxidation sites excluding steroid dienone is 1. The largest absolute Gasteiger partial charge is 0.292 e. The van der Waals surface area contributed by atoms with Gasteiger partial charge in [-0.3, -0.25) is 9.78 Å². The lowest BCUT2D eigenvalue weighted by Crippen LogP contribution is -2.02.